The molecule has 2 aliphatic rings. The Morgan fingerprint density at radius 3 is 2.54 bits per heavy atom. The van der Waals surface area contributed by atoms with Crippen molar-refractivity contribution in [2.45, 2.75) is 51.9 Å². The topological polar surface area (TPSA) is 52.7 Å². The average Bonchev–Trinajstić information content (AvgIpc) is 3.28. The van der Waals surface area contributed by atoms with Gasteiger partial charge >= 0.3 is 0 Å². The quantitative estimate of drug-likeness (QED) is 0.719. The van der Waals surface area contributed by atoms with Crippen molar-refractivity contribution in [1.82, 2.24) is 15.1 Å². The number of carbonyl (C=O) groups excluding carboxylic acids is 2. The summed E-state index contributed by atoms with van der Waals surface area (Å²) >= 11 is 1.47. The highest BCUT2D eigenvalue weighted by molar-refractivity contribution is 7.12. The van der Waals surface area contributed by atoms with Crippen LogP contribution in [0.2, 0.25) is 0 Å². The van der Waals surface area contributed by atoms with Gasteiger partial charge in [0.25, 0.3) is 5.91 Å². The first-order chi connectivity index (χ1) is 13.7. The maximum atomic E-state index is 12.9. The molecule has 0 bridgehead atoms. The van der Waals surface area contributed by atoms with Crippen LogP contribution >= 0.6 is 11.3 Å². The number of nitrogens with one attached hydrogen (secondary N) is 1. The fraction of sp³-hybridized carbons (Fsp3) is 0.727. The number of piperazine rings is 1. The van der Waals surface area contributed by atoms with Crippen LogP contribution in [-0.4, -0.2) is 60.9 Å². The highest BCUT2D eigenvalue weighted by atomic mass is 32.1. The lowest BCUT2D eigenvalue weighted by atomic mass is 9.79. The van der Waals surface area contributed by atoms with Crippen LogP contribution in [0.25, 0.3) is 0 Å². The van der Waals surface area contributed by atoms with E-state index >= 15 is 0 Å². The number of unbranched alkanes of at least 4 members (excludes halogenated alkanes) is 1. The van der Waals surface area contributed by atoms with Crippen LogP contribution < -0.4 is 5.32 Å². The van der Waals surface area contributed by atoms with Crippen molar-refractivity contribution in [1.29, 1.82) is 0 Å². The zero-order valence-electron chi connectivity index (χ0n) is 17.2. The number of amides is 2. The number of nitrogens with zero attached hydrogens (tertiary/aromatic N) is 2. The third-order valence-corrected chi connectivity index (χ3v) is 7.17. The van der Waals surface area contributed by atoms with Gasteiger partial charge in [0.15, 0.2) is 0 Å². The Morgan fingerprint density at radius 1 is 1.14 bits per heavy atom. The van der Waals surface area contributed by atoms with Crippen molar-refractivity contribution in [3.63, 3.8) is 0 Å². The molecule has 28 heavy (non-hydrogen) atoms. The molecular formula is C22H35N3O2S. The lowest BCUT2D eigenvalue weighted by molar-refractivity contribution is -0.138. The number of thiophene rings is 1. The van der Waals surface area contributed by atoms with E-state index in [1.807, 2.05) is 17.5 Å². The zero-order valence-corrected chi connectivity index (χ0v) is 18.0. The van der Waals surface area contributed by atoms with Gasteiger partial charge in [0.1, 0.15) is 0 Å². The lowest BCUT2D eigenvalue weighted by Crippen LogP contribution is -2.51. The maximum absolute atomic E-state index is 12.9. The average molecular weight is 406 g/mol. The summed E-state index contributed by atoms with van der Waals surface area (Å²) in [5.74, 6) is 1.51. The standard InChI is InChI=1S/C22H35N3O2S/c1-2-3-5-18-7-9-19(10-8-18)22(27)25-15-13-24(14-16-25)12-11-23-21(26)20-6-4-17-28-20/h4,6,17-19H,2-3,5,7-16H2,1H3,(H,23,26). The van der Waals surface area contributed by atoms with Crippen molar-refractivity contribution in [2.75, 3.05) is 39.3 Å². The summed E-state index contributed by atoms with van der Waals surface area (Å²) in [6, 6.07) is 3.75. The first-order valence-electron chi connectivity index (χ1n) is 11.0. The minimum atomic E-state index is 0.0124. The van der Waals surface area contributed by atoms with Crippen molar-refractivity contribution < 1.29 is 9.59 Å². The number of rotatable bonds is 8. The fourth-order valence-corrected chi connectivity index (χ4v) is 5.10. The van der Waals surface area contributed by atoms with E-state index in [0.29, 0.717) is 12.5 Å². The first-order valence-corrected chi connectivity index (χ1v) is 11.9. The van der Waals surface area contributed by atoms with Crippen LogP contribution in [0.5, 0.6) is 0 Å². The number of carbonyl (C=O) groups is 2. The molecule has 2 fully saturated rings. The molecule has 1 aliphatic carbocycles. The highest BCUT2D eigenvalue weighted by Gasteiger charge is 2.30. The van der Waals surface area contributed by atoms with Crippen LogP contribution in [0.4, 0.5) is 0 Å². The van der Waals surface area contributed by atoms with Gasteiger partial charge in [-0.05, 0) is 43.0 Å². The van der Waals surface area contributed by atoms with Crippen LogP contribution in [0.1, 0.15) is 61.5 Å². The van der Waals surface area contributed by atoms with Crippen LogP contribution in [0, 0.1) is 11.8 Å². The summed E-state index contributed by atoms with van der Waals surface area (Å²) in [7, 11) is 0. The Hall–Kier alpha value is -1.40. The minimum Gasteiger partial charge on any atom is -0.350 e. The Bertz CT molecular complexity index is 603. The van der Waals surface area contributed by atoms with Crippen molar-refractivity contribution in [3.05, 3.63) is 22.4 Å². The molecule has 1 aromatic heterocycles. The normalized spacial score (nSPS) is 23.5. The Balaban J connectivity index is 1.31. The second-order valence-electron chi connectivity index (χ2n) is 8.26. The molecule has 3 rings (SSSR count). The molecule has 0 spiro atoms. The smallest absolute Gasteiger partial charge is 0.261 e. The van der Waals surface area contributed by atoms with E-state index in [4.69, 9.17) is 0 Å². The molecule has 2 amide bonds. The number of hydrogen-bond acceptors (Lipinski definition) is 4. The molecule has 1 aromatic rings. The van der Waals surface area contributed by atoms with E-state index in [2.05, 4.69) is 22.0 Å². The van der Waals surface area contributed by atoms with Gasteiger partial charge in [0.2, 0.25) is 5.91 Å². The van der Waals surface area contributed by atoms with Crippen molar-refractivity contribution >= 4 is 23.2 Å². The second-order valence-corrected chi connectivity index (χ2v) is 9.21. The molecule has 6 heteroatoms. The zero-order chi connectivity index (χ0) is 19.8. The molecule has 0 aromatic carbocycles. The van der Waals surface area contributed by atoms with Crippen LogP contribution in [-0.2, 0) is 4.79 Å². The predicted octanol–water partition coefficient (Wildman–Crippen LogP) is 3.62. The first kappa shape index (κ1) is 21.3. The highest BCUT2D eigenvalue weighted by Crippen LogP contribution is 2.33. The molecule has 2 heterocycles. The Labute approximate surface area is 173 Å². The molecule has 1 N–H and O–H groups in total. The fourth-order valence-electron chi connectivity index (χ4n) is 4.46. The summed E-state index contributed by atoms with van der Waals surface area (Å²) in [5.41, 5.74) is 0. The summed E-state index contributed by atoms with van der Waals surface area (Å²) in [6.07, 6.45) is 8.60. The van der Waals surface area contributed by atoms with Gasteiger partial charge < -0.3 is 10.2 Å². The van der Waals surface area contributed by atoms with Crippen molar-refractivity contribution in [3.8, 4) is 0 Å². The number of hydrogen-bond donors (Lipinski definition) is 1. The Kier molecular flexibility index (Phi) is 8.34. The molecule has 0 atom stereocenters. The molecule has 1 saturated heterocycles. The van der Waals surface area contributed by atoms with Crippen LogP contribution in [0.15, 0.2) is 17.5 Å². The third kappa shape index (κ3) is 6.05. The van der Waals surface area contributed by atoms with Crippen molar-refractivity contribution in [2.24, 2.45) is 11.8 Å². The lowest BCUT2D eigenvalue weighted by Gasteiger charge is -2.38. The van der Waals surface area contributed by atoms with Gasteiger partial charge in [0.05, 0.1) is 4.88 Å². The van der Waals surface area contributed by atoms with Gasteiger partial charge in [-0.1, -0.05) is 32.3 Å². The van der Waals surface area contributed by atoms with Gasteiger partial charge in [-0.2, -0.15) is 0 Å². The minimum absolute atomic E-state index is 0.0124. The summed E-state index contributed by atoms with van der Waals surface area (Å²) in [5, 5.41) is 4.91. The molecule has 5 nitrogen and oxygen atoms in total. The predicted molar refractivity (Wildman–Crippen MR) is 115 cm³/mol. The van der Waals surface area contributed by atoms with E-state index < -0.39 is 0 Å². The van der Waals surface area contributed by atoms with E-state index in [0.717, 1.165) is 56.4 Å². The van der Waals surface area contributed by atoms with Crippen LogP contribution in [0.3, 0.4) is 0 Å². The summed E-state index contributed by atoms with van der Waals surface area (Å²) in [6.45, 7) is 7.24. The van der Waals surface area contributed by atoms with Gasteiger partial charge in [0, 0.05) is 45.2 Å². The van der Waals surface area contributed by atoms with E-state index in [9.17, 15) is 9.59 Å². The van der Waals surface area contributed by atoms with E-state index in [1.165, 1.54) is 43.4 Å². The monoisotopic (exact) mass is 405 g/mol. The van der Waals surface area contributed by atoms with E-state index in [-0.39, 0.29) is 11.8 Å². The molecule has 156 valence electrons. The summed E-state index contributed by atoms with van der Waals surface area (Å²) in [4.78, 5) is 30.0. The Morgan fingerprint density at radius 2 is 1.89 bits per heavy atom. The summed E-state index contributed by atoms with van der Waals surface area (Å²) < 4.78 is 0. The van der Waals surface area contributed by atoms with Gasteiger partial charge in [-0.15, -0.1) is 11.3 Å². The SMILES string of the molecule is CCCCC1CCC(C(=O)N2CCN(CCNC(=O)c3cccs3)CC2)CC1. The molecule has 0 radical (unpaired) electrons. The molecular weight excluding hydrogens is 370 g/mol. The van der Waals surface area contributed by atoms with E-state index in [1.54, 1.807) is 0 Å². The third-order valence-electron chi connectivity index (χ3n) is 6.30. The molecule has 0 unspecified atom stereocenters. The maximum Gasteiger partial charge on any atom is 0.261 e. The van der Waals surface area contributed by atoms with Gasteiger partial charge in [-0.25, -0.2) is 0 Å². The van der Waals surface area contributed by atoms with Gasteiger partial charge in [-0.3, -0.25) is 14.5 Å². The molecule has 1 aliphatic heterocycles. The second kappa shape index (κ2) is 11.0. The largest absolute Gasteiger partial charge is 0.350 e. The molecule has 1 saturated carbocycles.